The molecule has 3 N–H and O–H groups in total. The highest BCUT2D eigenvalue weighted by molar-refractivity contribution is 6.05. The normalized spacial score (nSPS) is 10.8. The third-order valence-electron chi connectivity index (χ3n) is 4.17. The Bertz CT molecular complexity index is 1050. The second kappa shape index (κ2) is 10.4. The van der Waals surface area contributed by atoms with Crippen LogP contribution in [0.3, 0.4) is 0 Å². The fourth-order valence-corrected chi connectivity index (χ4v) is 2.74. The molecule has 154 valence electrons. The van der Waals surface area contributed by atoms with Crippen LogP contribution in [0.15, 0.2) is 91.0 Å². The lowest BCUT2D eigenvalue weighted by Crippen LogP contribution is -2.12. The van der Waals surface area contributed by atoms with Crippen LogP contribution in [0, 0.1) is 0 Å². The van der Waals surface area contributed by atoms with Gasteiger partial charge in [-0.25, -0.2) is 4.79 Å². The van der Waals surface area contributed by atoms with E-state index >= 15 is 0 Å². The Kier molecular flexibility index (Phi) is 7.11. The summed E-state index contributed by atoms with van der Waals surface area (Å²) >= 11 is 0. The number of carbonyl (C=O) groups excluding carboxylic acids is 2. The molecule has 0 aliphatic rings. The number of hydrogen-bond donors (Lipinski definition) is 3. The van der Waals surface area contributed by atoms with E-state index in [9.17, 15) is 19.5 Å². The van der Waals surface area contributed by atoms with Crippen molar-refractivity contribution in [2.24, 2.45) is 0 Å². The fraction of sp³-hybridized carbons (Fsp3) is 0. The molecule has 0 atom stereocenters. The molecule has 3 rings (SSSR count). The molecule has 0 aromatic heterocycles. The highest BCUT2D eigenvalue weighted by atomic mass is 16.4. The first-order chi connectivity index (χ1) is 15.0. The number of aromatic carboxylic acids is 1. The number of carbonyl (C=O) groups is 3. The summed E-state index contributed by atoms with van der Waals surface area (Å²) < 4.78 is 0. The van der Waals surface area contributed by atoms with Crippen molar-refractivity contribution in [2.75, 3.05) is 10.6 Å². The molecule has 0 radical (unpaired) electrons. The van der Waals surface area contributed by atoms with Crippen LogP contribution < -0.4 is 10.6 Å². The van der Waals surface area contributed by atoms with E-state index in [4.69, 9.17) is 0 Å². The Morgan fingerprint density at radius 2 is 1.06 bits per heavy atom. The molecule has 0 heterocycles. The molecule has 0 saturated carbocycles. The number of nitrogens with one attached hydrogen (secondary N) is 2. The van der Waals surface area contributed by atoms with E-state index in [1.807, 2.05) is 60.7 Å². The molecule has 0 spiro atoms. The number of amides is 2. The summed E-state index contributed by atoms with van der Waals surface area (Å²) in [5.74, 6) is -2.02. The van der Waals surface area contributed by atoms with Gasteiger partial charge in [-0.1, -0.05) is 60.7 Å². The van der Waals surface area contributed by atoms with Gasteiger partial charge in [-0.15, -0.1) is 0 Å². The van der Waals surface area contributed by atoms with E-state index in [1.54, 1.807) is 12.2 Å². The van der Waals surface area contributed by atoms with Crippen LogP contribution in [0.2, 0.25) is 0 Å². The molecule has 31 heavy (non-hydrogen) atoms. The molecular weight excluding hydrogens is 392 g/mol. The molecule has 0 bridgehead atoms. The molecule has 2 amide bonds. The van der Waals surface area contributed by atoms with Crippen LogP contribution in [0.1, 0.15) is 21.5 Å². The fourth-order valence-electron chi connectivity index (χ4n) is 2.74. The van der Waals surface area contributed by atoms with Gasteiger partial charge in [0.15, 0.2) is 0 Å². The van der Waals surface area contributed by atoms with E-state index in [0.717, 1.165) is 11.1 Å². The van der Waals surface area contributed by atoms with Gasteiger partial charge in [-0.05, 0) is 41.5 Å². The zero-order valence-corrected chi connectivity index (χ0v) is 16.5. The van der Waals surface area contributed by atoms with Crippen LogP contribution >= 0.6 is 0 Å². The maximum Gasteiger partial charge on any atom is 0.335 e. The topological polar surface area (TPSA) is 95.5 Å². The minimum absolute atomic E-state index is 0.0628. The van der Waals surface area contributed by atoms with Crippen LogP contribution in [0.5, 0.6) is 0 Å². The van der Waals surface area contributed by atoms with Crippen molar-refractivity contribution >= 4 is 41.3 Å². The van der Waals surface area contributed by atoms with Crippen molar-refractivity contribution in [2.45, 2.75) is 0 Å². The molecule has 6 nitrogen and oxygen atoms in total. The summed E-state index contributed by atoms with van der Waals surface area (Å²) in [4.78, 5) is 35.9. The Morgan fingerprint density at radius 3 is 1.45 bits per heavy atom. The van der Waals surface area contributed by atoms with Crippen LogP contribution in [0.25, 0.3) is 12.2 Å². The maximum atomic E-state index is 12.2. The number of anilines is 2. The number of carboxylic acids is 1. The van der Waals surface area contributed by atoms with Gasteiger partial charge in [0.2, 0.25) is 11.8 Å². The van der Waals surface area contributed by atoms with Gasteiger partial charge >= 0.3 is 5.97 Å². The summed E-state index contributed by atoms with van der Waals surface area (Å²) in [6, 6.07) is 22.7. The van der Waals surface area contributed by atoms with Gasteiger partial charge in [0.25, 0.3) is 0 Å². The standard InChI is InChI=1S/C25H20N2O4/c28-23(13-11-18-7-3-1-4-8-18)26-21-15-20(25(30)31)16-22(17-21)27-24(29)14-12-19-9-5-2-6-10-19/h1-17H,(H,26,28)(H,27,29)(H,30,31)/b13-11+,14-12+. The average molecular weight is 412 g/mol. The van der Waals surface area contributed by atoms with Gasteiger partial charge < -0.3 is 15.7 Å². The lowest BCUT2D eigenvalue weighted by atomic mass is 10.1. The van der Waals surface area contributed by atoms with E-state index in [0.29, 0.717) is 0 Å². The molecule has 0 unspecified atom stereocenters. The first-order valence-corrected chi connectivity index (χ1v) is 9.46. The van der Waals surface area contributed by atoms with Gasteiger partial charge in [0.05, 0.1) is 5.56 Å². The first-order valence-electron chi connectivity index (χ1n) is 9.46. The van der Waals surface area contributed by atoms with Crippen LogP contribution in [-0.2, 0) is 9.59 Å². The van der Waals surface area contributed by atoms with Gasteiger partial charge in [-0.3, -0.25) is 9.59 Å². The Balaban J connectivity index is 1.72. The molecule has 0 aliphatic heterocycles. The predicted octanol–water partition coefficient (Wildman–Crippen LogP) is 4.69. The molecular formula is C25H20N2O4. The largest absolute Gasteiger partial charge is 0.478 e. The Morgan fingerprint density at radius 1 is 0.645 bits per heavy atom. The number of hydrogen-bond acceptors (Lipinski definition) is 3. The van der Waals surface area contributed by atoms with E-state index in [-0.39, 0.29) is 16.9 Å². The maximum absolute atomic E-state index is 12.2. The number of carboxylic acid groups (broad SMARTS) is 1. The molecule has 0 aliphatic carbocycles. The predicted molar refractivity (Wildman–Crippen MR) is 122 cm³/mol. The zero-order valence-electron chi connectivity index (χ0n) is 16.5. The smallest absolute Gasteiger partial charge is 0.335 e. The molecule has 6 heteroatoms. The lowest BCUT2D eigenvalue weighted by molar-refractivity contribution is -0.112. The summed E-state index contributed by atoms with van der Waals surface area (Å²) in [7, 11) is 0. The Hall–Kier alpha value is -4.45. The van der Waals surface area contributed by atoms with Crippen molar-refractivity contribution in [3.8, 4) is 0 Å². The third-order valence-corrected chi connectivity index (χ3v) is 4.17. The van der Waals surface area contributed by atoms with Crippen LogP contribution in [-0.4, -0.2) is 22.9 Å². The minimum atomic E-state index is -1.17. The molecule has 0 fully saturated rings. The molecule has 0 saturated heterocycles. The van der Waals surface area contributed by atoms with Crippen molar-refractivity contribution in [1.29, 1.82) is 0 Å². The second-order valence-electron chi connectivity index (χ2n) is 6.57. The van der Waals surface area contributed by atoms with E-state index < -0.39 is 17.8 Å². The second-order valence-corrected chi connectivity index (χ2v) is 6.57. The van der Waals surface area contributed by atoms with Crippen molar-refractivity contribution < 1.29 is 19.5 Å². The summed E-state index contributed by atoms with van der Waals surface area (Å²) in [6.45, 7) is 0. The van der Waals surface area contributed by atoms with Crippen molar-refractivity contribution in [1.82, 2.24) is 0 Å². The molecule has 3 aromatic rings. The third kappa shape index (κ3) is 6.83. The minimum Gasteiger partial charge on any atom is -0.478 e. The quantitative estimate of drug-likeness (QED) is 0.491. The van der Waals surface area contributed by atoms with Crippen LogP contribution in [0.4, 0.5) is 11.4 Å². The van der Waals surface area contributed by atoms with Gasteiger partial charge in [-0.2, -0.15) is 0 Å². The highest BCUT2D eigenvalue weighted by Gasteiger charge is 2.10. The number of rotatable bonds is 7. The van der Waals surface area contributed by atoms with Crippen molar-refractivity contribution in [3.05, 3.63) is 108 Å². The summed E-state index contributed by atoms with van der Waals surface area (Å²) in [5.41, 5.74) is 2.16. The summed E-state index contributed by atoms with van der Waals surface area (Å²) in [5, 5.41) is 14.6. The Labute approximate surface area is 179 Å². The monoisotopic (exact) mass is 412 g/mol. The first kappa shape index (κ1) is 21.3. The SMILES string of the molecule is O=C(/C=C/c1ccccc1)Nc1cc(NC(=O)/C=C/c2ccccc2)cc(C(=O)O)c1. The number of benzene rings is 3. The van der Waals surface area contributed by atoms with Gasteiger partial charge in [0.1, 0.15) is 0 Å². The zero-order chi connectivity index (χ0) is 22.1. The molecule has 3 aromatic carbocycles. The van der Waals surface area contributed by atoms with Gasteiger partial charge in [0, 0.05) is 23.5 Å². The highest BCUT2D eigenvalue weighted by Crippen LogP contribution is 2.20. The average Bonchev–Trinajstić information content (AvgIpc) is 2.77. The van der Waals surface area contributed by atoms with Crippen molar-refractivity contribution in [3.63, 3.8) is 0 Å². The lowest BCUT2D eigenvalue weighted by Gasteiger charge is -2.09. The van der Waals surface area contributed by atoms with E-state index in [1.165, 1.54) is 30.4 Å². The summed E-state index contributed by atoms with van der Waals surface area (Å²) in [6.07, 6.45) is 5.99. The van der Waals surface area contributed by atoms with E-state index in [2.05, 4.69) is 10.6 Å².